The van der Waals surface area contributed by atoms with Crippen LogP contribution < -0.4 is 10.6 Å². The van der Waals surface area contributed by atoms with Gasteiger partial charge in [-0.15, -0.1) is 0 Å². The van der Waals surface area contributed by atoms with E-state index in [1.54, 1.807) is 0 Å². The maximum Gasteiger partial charge on any atom is 0.220 e. The Morgan fingerprint density at radius 1 is 1.35 bits per heavy atom. The Morgan fingerprint density at radius 3 is 2.76 bits per heavy atom. The van der Waals surface area contributed by atoms with E-state index in [9.17, 15) is 9.59 Å². The van der Waals surface area contributed by atoms with Crippen LogP contribution in [0.1, 0.15) is 58.3 Å². The third-order valence-corrected chi connectivity index (χ3v) is 3.14. The molecule has 1 unspecified atom stereocenters. The number of carbonyl (C=O) groups excluding carboxylic acids is 2. The molecule has 0 aliphatic carbocycles. The van der Waals surface area contributed by atoms with E-state index in [2.05, 4.69) is 17.6 Å². The van der Waals surface area contributed by atoms with Crippen LogP contribution in [0.3, 0.4) is 0 Å². The van der Waals surface area contributed by atoms with Crippen molar-refractivity contribution in [1.29, 1.82) is 0 Å². The predicted octanol–water partition coefficient (Wildman–Crippen LogP) is 1.74. The van der Waals surface area contributed by atoms with Gasteiger partial charge in [-0.25, -0.2) is 0 Å². The molecule has 1 saturated heterocycles. The standard InChI is InChI=1S/C13H24N2O2/c1-2-3-4-5-6-7-13(17)15-11-8-9-12(16)14-10-11/h11H,2-10H2,1H3,(H,14,16)(H,15,17). The molecule has 1 fully saturated rings. The Kier molecular flexibility index (Phi) is 6.67. The topological polar surface area (TPSA) is 58.2 Å². The number of rotatable bonds is 7. The SMILES string of the molecule is CCCCCCCC(=O)NC1CCC(=O)NC1. The molecule has 0 saturated carbocycles. The van der Waals surface area contributed by atoms with Gasteiger partial charge in [0.1, 0.15) is 0 Å². The van der Waals surface area contributed by atoms with Crippen LogP contribution >= 0.6 is 0 Å². The number of piperidine rings is 1. The Morgan fingerprint density at radius 2 is 2.12 bits per heavy atom. The maximum atomic E-state index is 11.6. The zero-order chi connectivity index (χ0) is 12.5. The van der Waals surface area contributed by atoms with Crippen LogP contribution in [0.5, 0.6) is 0 Å². The summed E-state index contributed by atoms with van der Waals surface area (Å²) in [6, 6.07) is 0.135. The Hall–Kier alpha value is -1.06. The Bertz CT molecular complexity index is 244. The molecule has 1 atom stereocenters. The predicted molar refractivity (Wildman–Crippen MR) is 67.6 cm³/mol. The summed E-state index contributed by atoms with van der Waals surface area (Å²) in [7, 11) is 0. The van der Waals surface area contributed by atoms with Crippen molar-refractivity contribution in [3.8, 4) is 0 Å². The number of nitrogens with one attached hydrogen (secondary N) is 2. The van der Waals surface area contributed by atoms with Gasteiger partial charge in [-0.1, -0.05) is 32.6 Å². The molecule has 2 N–H and O–H groups in total. The second-order valence-electron chi connectivity index (χ2n) is 4.77. The second-order valence-corrected chi connectivity index (χ2v) is 4.77. The Balaban J connectivity index is 2.02. The minimum Gasteiger partial charge on any atom is -0.354 e. The lowest BCUT2D eigenvalue weighted by molar-refractivity contribution is -0.125. The first-order valence-corrected chi connectivity index (χ1v) is 6.78. The van der Waals surface area contributed by atoms with E-state index in [1.165, 1.54) is 19.3 Å². The van der Waals surface area contributed by atoms with Crippen molar-refractivity contribution in [3.05, 3.63) is 0 Å². The van der Waals surface area contributed by atoms with Gasteiger partial charge in [-0.3, -0.25) is 9.59 Å². The molecule has 0 spiro atoms. The average molecular weight is 240 g/mol. The zero-order valence-corrected chi connectivity index (χ0v) is 10.8. The largest absolute Gasteiger partial charge is 0.354 e. The first kappa shape index (κ1) is 14.0. The van der Waals surface area contributed by atoms with Gasteiger partial charge >= 0.3 is 0 Å². The lowest BCUT2D eigenvalue weighted by Gasteiger charge is -2.23. The highest BCUT2D eigenvalue weighted by Gasteiger charge is 2.18. The average Bonchev–Trinajstić information content (AvgIpc) is 2.32. The molecule has 1 rings (SSSR count). The van der Waals surface area contributed by atoms with Gasteiger partial charge in [-0.2, -0.15) is 0 Å². The molecule has 17 heavy (non-hydrogen) atoms. The van der Waals surface area contributed by atoms with E-state index >= 15 is 0 Å². The minimum absolute atomic E-state index is 0.0927. The summed E-state index contributed by atoms with van der Waals surface area (Å²) in [5.74, 6) is 0.220. The van der Waals surface area contributed by atoms with Gasteiger partial charge in [0.25, 0.3) is 0 Å². The molecular weight excluding hydrogens is 216 g/mol. The van der Waals surface area contributed by atoms with Crippen LogP contribution in [0, 0.1) is 0 Å². The zero-order valence-electron chi connectivity index (χ0n) is 10.8. The molecule has 2 amide bonds. The number of hydrogen-bond donors (Lipinski definition) is 2. The minimum atomic E-state index is 0.0927. The second kappa shape index (κ2) is 8.09. The van der Waals surface area contributed by atoms with Crippen LogP contribution in [0.25, 0.3) is 0 Å². The van der Waals surface area contributed by atoms with Crippen molar-refractivity contribution >= 4 is 11.8 Å². The van der Waals surface area contributed by atoms with Crippen molar-refractivity contribution in [2.75, 3.05) is 6.54 Å². The third-order valence-electron chi connectivity index (χ3n) is 3.14. The summed E-state index contributed by atoms with van der Waals surface area (Å²) in [4.78, 5) is 22.5. The highest BCUT2D eigenvalue weighted by atomic mass is 16.2. The van der Waals surface area contributed by atoms with Crippen LogP contribution in [0.2, 0.25) is 0 Å². The lowest BCUT2D eigenvalue weighted by Crippen LogP contribution is -2.47. The number of unbranched alkanes of at least 4 members (excludes halogenated alkanes) is 4. The first-order chi connectivity index (χ1) is 8.22. The Labute approximate surface area is 104 Å². The van der Waals surface area contributed by atoms with Gasteiger partial charge in [0.2, 0.25) is 11.8 Å². The summed E-state index contributed by atoms with van der Waals surface area (Å²) in [6.45, 7) is 2.77. The molecule has 0 aromatic carbocycles. The quantitative estimate of drug-likeness (QED) is 0.666. The fraction of sp³-hybridized carbons (Fsp3) is 0.846. The van der Waals surface area contributed by atoms with Gasteiger partial charge in [0.05, 0.1) is 0 Å². The molecule has 1 aliphatic rings. The number of amides is 2. The lowest BCUT2D eigenvalue weighted by atomic mass is 10.1. The monoisotopic (exact) mass is 240 g/mol. The first-order valence-electron chi connectivity index (χ1n) is 6.78. The van der Waals surface area contributed by atoms with Crippen molar-refractivity contribution in [2.45, 2.75) is 64.3 Å². The van der Waals surface area contributed by atoms with Crippen molar-refractivity contribution in [1.82, 2.24) is 10.6 Å². The number of hydrogen-bond acceptors (Lipinski definition) is 2. The van der Waals surface area contributed by atoms with E-state index < -0.39 is 0 Å². The van der Waals surface area contributed by atoms with Crippen molar-refractivity contribution in [3.63, 3.8) is 0 Å². The molecule has 4 nitrogen and oxygen atoms in total. The summed E-state index contributed by atoms with van der Waals surface area (Å²) in [5.41, 5.74) is 0. The molecule has 98 valence electrons. The fourth-order valence-electron chi connectivity index (χ4n) is 2.04. The van der Waals surface area contributed by atoms with Gasteiger partial charge in [-0.05, 0) is 12.8 Å². The van der Waals surface area contributed by atoms with Gasteiger partial charge in [0.15, 0.2) is 0 Å². The summed E-state index contributed by atoms with van der Waals surface area (Å²) < 4.78 is 0. The van der Waals surface area contributed by atoms with Crippen LogP contribution in [0.4, 0.5) is 0 Å². The molecule has 0 bridgehead atoms. The van der Waals surface area contributed by atoms with Crippen LogP contribution in [-0.4, -0.2) is 24.4 Å². The summed E-state index contributed by atoms with van der Waals surface area (Å²) in [6.07, 6.45) is 7.75. The van der Waals surface area contributed by atoms with Gasteiger partial charge in [0, 0.05) is 25.4 Å². The van der Waals surface area contributed by atoms with E-state index in [-0.39, 0.29) is 17.9 Å². The molecule has 1 heterocycles. The third kappa shape index (κ3) is 6.29. The summed E-state index contributed by atoms with van der Waals surface area (Å²) in [5, 5.41) is 5.74. The summed E-state index contributed by atoms with van der Waals surface area (Å²) >= 11 is 0. The molecular formula is C13H24N2O2. The highest BCUT2D eigenvalue weighted by molar-refractivity contribution is 5.78. The number of carbonyl (C=O) groups is 2. The van der Waals surface area contributed by atoms with Crippen molar-refractivity contribution in [2.24, 2.45) is 0 Å². The van der Waals surface area contributed by atoms with E-state index in [0.717, 1.165) is 19.3 Å². The maximum absolute atomic E-state index is 11.6. The van der Waals surface area contributed by atoms with E-state index in [4.69, 9.17) is 0 Å². The highest BCUT2D eigenvalue weighted by Crippen LogP contribution is 2.06. The molecule has 0 aromatic heterocycles. The van der Waals surface area contributed by atoms with Crippen LogP contribution in [-0.2, 0) is 9.59 Å². The normalized spacial score (nSPS) is 19.8. The molecule has 1 aliphatic heterocycles. The van der Waals surface area contributed by atoms with Gasteiger partial charge < -0.3 is 10.6 Å². The van der Waals surface area contributed by atoms with E-state index in [0.29, 0.717) is 19.4 Å². The fourth-order valence-corrected chi connectivity index (χ4v) is 2.04. The molecule has 4 heteroatoms. The smallest absolute Gasteiger partial charge is 0.220 e. The molecule has 0 aromatic rings. The molecule has 0 radical (unpaired) electrons. The van der Waals surface area contributed by atoms with E-state index in [1.807, 2.05) is 0 Å². The van der Waals surface area contributed by atoms with Crippen molar-refractivity contribution < 1.29 is 9.59 Å². The van der Waals surface area contributed by atoms with Crippen LogP contribution in [0.15, 0.2) is 0 Å².